The van der Waals surface area contributed by atoms with Crippen LogP contribution in [0.4, 0.5) is 5.95 Å². The van der Waals surface area contributed by atoms with Crippen molar-refractivity contribution in [2.24, 2.45) is 0 Å². The molecular formula is C16H26N4O. The Kier molecular flexibility index (Phi) is 6.44. The topological polar surface area (TPSA) is 58.1 Å². The molecule has 2 rings (SSSR count). The molecule has 21 heavy (non-hydrogen) atoms. The van der Waals surface area contributed by atoms with E-state index in [0.29, 0.717) is 11.6 Å². The summed E-state index contributed by atoms with van der Waals surface area (Å²) in [5.74, 6) is 0.600. The number of carbonyl (C=O) groups is 1. The lowest BCUT2D eigenvalue weighted by Crippen LogP contribution is -2.32. The number of anilines is 1. The molecule has 0 radical (unpaired) electrons. The van der Waals surface area contributed by atoms with Crippen LogP contribution in [0.3, 0.4) is 0 Å². The van der Waals surface area contributed by atoms with Gasteiger partial charge in [0.15, 0.2) is 0 Å². The lowest BCUT2D eigenvalue weighted by molar-refractivity contribution is 0.0755. The summed E-state index contributed by atoms with van der Waals surface area (Å²) >= 11 is 0. The summed E-state index contributed by atoms with van der Waals surface area (Å²) in [7, 11) is 0. The fourth-order valence-corrected chi connectivity index (χ4v) is 2.57. The predicted octanol–water partition coefficient (Wildman–Crippen LogP) is 3.09. The molecule has 5 nitrogen and oxygen atoms in total. The average Bonchev–Trinajstić information content (AvgIpc) is 2.80. The minimum atomic E-state index is 0.0379. The van der Waals surface area contributed by atoms with Crippen molar-refractivity contribution in [3.63, 3.8) is 0 Å². The molecule has 116 valence electrons. The zero-order valence-corrected chi connectivity index (χ0v) is 13.0. The van der Waals surface area contributed by atoms with Gasteiger partial charge in [0, 0.05) is 25.8 Å². The van der Waals surface area contributed by atoms with Gasteiger partial charge in [0.2, 0.25) is 5.95 Å². The van der Waals surface area contributed by atoms with Crippen molar-refractivity contribution in [2.45, 2.75) is 51.9 Å². The Morgan fingerprint density at radius 3 is 2.71 bits per heavy atom. The van der Waals surface area contributed by atoms with E-state index in [1.165, 1.54) is 25.7 Å². The van der Waals surface area contributed by atoms with Crippen LogP contribution in [0.1, 0.15) is 62.4 Å². The van der Waals surface area contributed by atoms with Crippen LogP contribution < -0.4 is 5.32 Å². The van der Waals surface area contributed by atoms with Gasteiger partial charge < -0.3 is 10.2 Å². The van der Waals surface area contributed by atoms with E-state index in [1.54, 1.807) is 12.3 Å². The van der Waals surface area contributed by atoms with Crippen molar-refractivity contribution in [1.29, 1.82) is 0 Å². The molecule has 1 N–H and O–H groups in total. The van der Waals surface area contributed by atoms with E-state index in [9.17, 15) is 4.79 Å². The van der Waals surface area contributed by atoms with Crippen molar-refractivity contribution >= 4 is 11.9 Å². The summed E-state index contributed by atoms with van der Waals surface area (Å²) in [6.45, 7) is 4.73. The molecule has 0 unspecified atom stereocenters. The molecule has 1 aromatic rings. The fourth-order valence-electron chi connectivity index (χ4n) is 2.57. The van der Waals surface area contributed by atoms with E-state index in [1.807, 2.05) is 4.90 Å². The number of unbranched alkanes of at least 4 members (excludes halogenated alkanes) is 2. The number of hydrogen-bond donors (Lipinski definition) is 1. The Morgan fingerprint density at radius 1 is 1.24 bits per heavy atom. The zero-order valence-electron chi connectivity index (χ0n) is 13.0. The number of hydrogen-bond acceptors (Lipinski definition) is 4. The normalized spacial score (nSPS) is 15.6. The predicted molar refractivity (Wildman–Crippen MR) is 84.4 cm³/mol. The zero-order chi connectivity index (χ0) is 14.9. The highest BCUT2D eigenvalue weighted by Gasteiger charge is 2.18. The van der Waals surface area contributed by atoms with Crippen LogP contribution >= 0.6 is 0 Å². The van der Waals surface area contributed by atoms with Gasteiger partial charge in [0.05, 0.1) is 0 Å². The van der Waals surface area contributed by atoms with Crippen molar-refractivity contribution < 1.29 is 4.79 Å². The van der Waals surface area contributed by atoms with E-state index in [4.69, 9.17) is 0 Å². The number of carbonyl (C=O) groups excluding carboxylic acids is 1. The minimum Gasteiger partial charge on any atom is -0.354 e. The van der Waals surface area contributed by atoms with Crippen LogP contribution in [0.5, 0.6) is 0 Å². The van der Waals surface area contributed by atoms with E-state index in [0.717, 1.165) is 38.9 Å². The maximum absolute atomic E-state index is 12.5. The van der Waals surface area contributed by atoms with Gasteiger partial charge >= 0.3 is 0 Å². The van der Waals surface area contributed by atoms with Crippen LogP contribution in [0.2, 0.25) is 0 Å². The van der Waals surface area contributed by atoms with Gasteiger partial charge in [-0.2, -0.15) is 0 Å². The molecule has 2 heterocycles. The molecule has 1 fully saturated rings. The largest absolute Gasteiger partial charge is 0.354 e. The molecule has 5 heteroatoms. The molecule has 0 aliphatic carbocycles. The SMILES string of the molecule is CCCCCNc1nccc(C(=O)N2CCCCCC2)n1. The summed E-state index contributed by atoms with van der Waals surface area (Å²) in [6.07, 6.45) is 9.78. The molecule has 1 saturated heterocycles. The van der Waals surface area contributed by atoms with Crippen molar-refractivity contribution in [3.8, 4) is 0 Å². The summed E-state index contributed by atoms with van der Waals surface area (Å²) in [6, 6.07) is 1.71. The van der Waals surface area contributed by atoms with Crippen LogP contribution in [0, 0.1) is 0 Å². The van der Waals surface area contributed by atoms with Gasteiger partial charge in [-0.15, -0.1) is 0 Å². The smallest absolute Gasteiger partial charge is 0.272 e. The Balaban J connectivity index is 1.93. The lowest BCUT2D eigenvalue weighted by Gasteiger charge is -2.19. The molecule has 1 aliphatic rings. The first-order valence-electron chi connectivity index (χ1n) is 8.17. The van der Waals surface area contributed by atoms with E-state index in [2.05, 4.69) is 22.2 Å². The second kappa shape index (κ2) is 8.60. The highest BCUT2D eigenvalue weighted by Crippen LogP contribution is 2.13. The van der Waals surface area contributed by atoms with E-state index in [-0.39, 0.29) is 5.91 Å². The fraction of sp³-hybridized carbons (Fsp3) is 0.688. The van der Waals surface area contributed by atoms with E-state index < -0.39 is 0 Å². The second-order valence-corrected chi connectivity index (χ2v) is 5.61. The Labute approximate surface area is 127 Å². The lowest BCUT2D eigenvalue weighted by atomic mass is 10.2. The summed E-state index contributed by atoms with van der Waals surface area (Å²) in [5.41, 5.74) is 0.505. The van der Waals surface area contributed by atoms with Crippen LogP contribution in [0.25, 0.3) is 0 Å². The van der Waals surface area contributed by atoms with Gasteiger partial charge in [0.25, 0.3) is 5.91 Å². The highest BCUT2D eigenvalue weighted by atomic mass is 16.2. The first kappa shape index (κ1) is 15.7. The van der Waals surface area contributed by atoms with Gasteiger partial charge in [0.1, 0.15) is 5.69 Å². The third kappa shape index (κ3) is 4.99. The van der Waals surface area contributed by atoms with Crippen molar-refractivity contribution in [1.82, 2.24) is 14.9 Å². The van der Waals surface area contributed by atoms with Crippen molar-refractivity contribution in [2.75, 3.05) is 25.0 Å². The third-order valence-corrected chi connectivity index (χ3v) is 3.83. The maximum Gasteiger partial charge on any atom is 0.272 e. The van der Waals surface area contributed by atoms with Crippen molar-refractivity contribution in [3.05, 3.63) is 18.0 Å². The number of aromatic nitrogens is 2. The average molecular weight is 290 g/mol. The molecule has 0 spiro atoms. The Morgan fingerprint density at radius 2 is 2.00 bits per heavy atom. The molecule has 1 aromatic heterocycles. The quantitative estimate of drug-likeness (QED) is 0.818. The first-order chi connectivity index (χ1) is 10.3. The summed E-state index contributed by atoms with van der Waals surface area (Å²) < 4.78 is 0. The van der Waals surface area contributed by atoms with Gasteiger partial charge in [-0.3, -0.25) is 4.79 Å². The number of likely N-dealkylation sites (tertiary alicyclic amines) is 1. The molecule has 0 atom stereocenters. The number of nitrogens with one attached hydrogen (secondary N) is 1. The monoisotopic (exact) mass is 290 g/mol. The van der Waals surface area contributed by atoms with Gasteiger partial charge in [-0.1, -0.05) is 32.6 Å². The molecule has 0 aromatic carbocycles. The number of rotatable bonds is 6. The summed E-state index contributed by atoms with van der Waals surface area (Å²) in [4.78, 5) is 23.0. The van der Waals surface area contributed by atoms with Crippen LogP contribution in [-0.2, 0) is 0 Å². The summed E-state index contributed by atoms with van der Waals surface area (Å²) in [5, 5.41) is 3.20. The number of nitrogens with zero attached hydrogens (tertiary/aromatic N) is 3. The highest BCUT2D eigenvalue weighted by molar-refractivity contribution is 5.92. The standard InChI is InChI=1S/C16H26N4O/c1-2-3-6-10-17-16-18-11-9-14(19-16)15(21)20-12-7-4-5-8-13-20/h9,11H,2-8,10,12-13H2,1H3,(H,17,18,19). The molecule has 1 aliphatic heterocycles. The third-order valence-electron chi connectivity index (χ3n) is 3.83. The Hall–Kier alpha value is -1.65. The number of amides is 1. The maximum atomic E-state index is 12.5. The molecular weight excluding hydrogens is 264 g/mol. The minimum absolute atomic E-state index is 0.0379. The molecule has 1 amide bonds. The van der Waals surface area contributed by atoms with E-state index >= 15 is 0 Å². The molecule has 0 bridgehead atoms. The van der Waals surface area contributed by atoms with Crippen LogP contribution in [-0.4, -0.2) is 40.4 Å². The molecule has 0 saturated carbocycles. The second-order valence-electron chi connectivity index (χ2n) is 5.61. The first-order valence-corrected chi connectivity index (χ1v) is 8.17. The van der Waals surface area contributed by atoms with Gasteiger partial charge in [-0.05, 0) is 25.3 Å². The Bertz CT molecular complexity index is 442. The van der Waals surface area contributed by atoms with Crippen LogP contribution in [0.15, 0.2) is 12.3 Å². The van der Waals surface area contributed by atoms with Gasteiger partial charge in [-0.25, -0.2) is 9.97 Å².